The lowest BCUT2D eigenvalue weighted by atomic mass is 10.0. The van der Waals surface area contributed by atoms with E-state index in [0.717, 1.165) is 5.82 Å². The fourth-order valence-electron chi connectivity index (χ4n) is 2.27. The van der Waals surface area contributed by atoms with Crippen molar-refractivity contribution in [2.75, 3.05) is 13.2 Å². The summed E-state index contributed by atoms with van der Waals surface area (Å²) in [4.78, 5) is 16.2. The molecule has 1 fully saturated rings. The van der Waals surface area contributed by atoms with Gasteiger partial charge in [0.2, 0.25) is 5.91 Å². The van der Waals surface area contributed by atoms with Gasteiger partial charge in [-0.2, -0.15) is 0 Å². The molecule has 2 rings (SSSR count). The van der Waals surface area contributed by atoms with Crippen LogP contribution in [0, 0.1) is 0 Å². The molecule has 3 N–H and O–H groups in total. The number of aromatic nitrogens is 2. The molecule has 1 saturated heterocycles. The molecule has 7 heteroatoms. The van der Waals surface area contributed by atoms with Gasteiger partial charge in [0.1, 0.15) is 24.6 Å². The fourth-order valence-corrected chi connectivity index (χ4v) is 2.27. The first-order valence-electron chi connectivity index (χ1n) is 6.73. The van der Waals surface area contributed by atoms with Crippen molar-refractivity contribution in [1.29, 1.82) is 0 Å². The third-order valence-corrected chi connectivity index (χ3v) is 3.32. The summed E-state index contributed by atoms with van der Waals surface area (Å²) in [5, 5.41) is 22.0. The van der Waals surface area contributed by atoms with E-state index in [4.69, 9.17) is 4.74 Å². The van der Waals surface area contributed by atoms with Crippen molar-refractivity contribution < 1.29 is 19.7 Å². The second-order valence-corrected chi connectivity index (χ2v) is 5.34. The number of hydrogen-bond donors (Lipinski definition) is 3. The zero-order chi connectivity index (χ0) is 14.7. The predicted octanol–water partition coefficient (Wildman–Crippen LogP) is -0.757. The normalized spacial score (nSPS) is 26.8. The first-order chi connectivity index (χ1) is 9.49. The molecular formula is C13H21N3O4. The van der Waals surface area contributed by atoms with Crippen LogP contribution in [0.2, 0.25) is 0 Å². The first kappa shape index (κ1) is 15.0. The highest BCUT2D eigenvalue weighted by Gasteiger charge is 2.32. The van der Waals surface area contributed by atoms with Crippen LogP contribution in [0.4, 0.5) is 0 Å². The maximum absolute atomic E-state index is 12.0. The number of aliphatic hydroxyl groups is 2. The molecule has 0 aliphatic carbocycles. The largest absolute Gasteiger partial charge is 0.388 e. The minimum atomic E-state index is -1.000. The number of carbonyl (C=O) groups excluding carboxylic acids is 1. The standard InChI is InChI=1S/C13H21N3O4/c1-8(2)13-14-3-4-16(13)5-11(18)15-9-6-20-7-10(17)12(9)19/h3-4,8-10,12,17,19H,5-7H2,1-2H3,(H,15,18)/t9-,10-,12+/m1/s1. The Morgan fingerprint density at radius 3 is 3.00 bits per heavy atom. The van der Waals surface area contributed by atoms with Gasteiger partial charge in [-0.05, 0) is 0 Å². The Hall–Kier alpha value is -1.44. The van der Waals surface area contributed by atoms with Crippen molar-refractivity contribution >= 4 is 5.91 Å². The second kappa shape index (κ2) is 6.34. The van der Waals surface area contributed by atoms with E-state index >= 15 is 0 Å². The SMILES string of the molecule is CC(C)c1nccn1CC(=O)N[C@@H]1COC[C@@H](O)[C@H]1O. The van der Waals surface area contributed by atoms with Gasteiger partial charge in [-0.3, -0.25) is 4.79 Å². The summed E-state index contributed by atoms with van der Waals surface area (Å²) in [6.45, 7) is 4.43. The van der Waals surface area contributed by atoms with Gasteiger partial charge in [-0.1, -0.05) is 13.8 Å². The average molecular weight is 283 g/mol. The van der Waals surface area contributed by atoms with E-state index in [0.29, 0.717) is 0 Å². The number of rotatable bonds is 4. The molecule has 1 aromatic rings. The molecule has 1 amide bonds. The van der Waals surface area contributed by atoms with E-state index in [-0.39, 0.29) is 31.6 Å². The summed E-state index contributed by atoms with van der Waals surface area (Å²) in [5.41, 5.74) is 0. The van der Waals surface area contributed by atoms with Crippen molar-refractivity contribution in [3.05, 3.63) is 18.2 Å². The van der Waals surface area contributed by atoms with Crippen molar-refractivity contribution in [2.24, 2.45) is 0 Å². The van der Waals surface area contributed by atoms with Crippen LogP contribution in [0.1, 0.15) is 25.6 Å². The highest BCUT2D eigenvalue weighted by molar-refractivity contribution is 5.76. The van der Waals surface area contributed by atoms with Crippen LogP contribution in [0.3, 0.4) is 0 Å². The number of aliphatic hydroxyl groups excluding tert-OH is 2. The summed E-state index contributed by atoms with van der Waals surface area (Å²) < 4.78 is 6.89. The zero-order valence-electron chi connectivity index (χ0n) is 11.7. The lowest BCUT2D eigenvalue weighted by Gasteiger charge is -2.32. The van der Waals surface area contributed by atoms with E-state index in [1.54, 1.807) is 17.0 Å². The highest BCUT2D eigenvalue weighted by atomic mass is 16.5. The Morgan fingerprint density at radius 2 is 2.30 bits per heavy atom. The third kappa shape index (κ3) is 3.36. The lowest BCUT2D eigenvalue weighted by Crippen LogP contribution is -2.56. The van der Waals surface area contributed by atoms with E-state index in [1.807, 2.05) is 13.8 Å². The summed E-state index contributed by atoms with van der Waals surface area (Å²) in [7, 11) is 0. The summed E-state index contributed by atoms with van der Waals surface area (Å²) in [6, 6.07) is -0.586. The summed E-state index contributed by atoms with van der Waals surface area (Å²) in [5.74, 6) is 0.815. The molecule has 0 radical (unpaired) electrons. The smallest absolute Gasteiger partial charge is 0.240 e. The fraction of sp³-hybridized carbons (Fsp3) is 0.692. The molecule has 0 unspecified atom stereocenters. The molecule has 1 aliphatic rings. The molecule has 0 spiro atoms. The monoisotopic (exact) mass is 283 g/mol. The van der Waals surface area contributed by atoms with Gasteiger partial charge in [-0.25, -0.2) is 4.98 Å². The minimum absolute atomic E-state index is 0.0898. The Morgan fingerprint density at radius 1 is 1.55 bits per heavy atom. The maximum Gasteiger partial charge on any atom is 0.240 e. The summed E-state index contributed by atoms with van der Waals surface area (Å²) in [6.07, 6.45) is 1.44. The maximum atomic E-state index is 12.0. The van der Waals surface area contributed by atoms with Crippen molar-refractivity contribution in [2.45, 2.75) is 44.6 Å². The Labute approximate surface area is 117 Å². The number of nitrogens with one attached hydrogen (secondary N) is 1. The van der Waals surface area contributed by atoms with Crippen LogP contribution in [0.25, 0.3) is 0 Å². The number of ether oxygens (including phenoxy) is 1. The quantitative estimate of drug-likeness (QED) is 0.675. The van der Waals surface area contributed by atoms with Gasteiger partial charge in [0, 0.05) is 18.3 Å². The Balaban J connectivity index is 1.93. The second-order valence-electron chi connectivity index (χ2n) is 5.34. The zero-order valence-corrected chi connectivity index (χ0v) is 11.7. The third-order valence-electron chi connectivity index (χ3n) is 3.32. The molecule has 1 aromatic heterocycles. The molecule has 0 saturated carbocycles. The summed E-state index contributed by atoms with van der Waals surface area (Å²) >= 11 is 0. The molecular weight excluding hydrogens is 262 g/mol. The Kier molecular flexibility index (Phi) is 4.74. The molecule has 3 atom stereocenters. The molecule has 7 nitrogen and oxygen atoms in total. The molecule has 0 bridgehead atoms. The van der Waals surface area contributed by atoms with Crippen LogP contribution in [-0.4, -0.2) is 57.1 Å². The van der Waals surface area contributed by atoms with Crippen molar-refractivity contribution in [3.8, 4) is 0 Å². The van der Waals surface area contributed by atoms with Crippen LogP contribution in [0.15, 0.2) is 12.4 Å². The van der Waals surface area contributed by atoms with Crippen LogP contribution in [-0.2, 0) is 16.1 Å². The highest BCUT2D eigenvalue weighted by Crippen LogP contribution is 2.12. The predicted molar refractivity (Wildman–Crippen MR) is 71.1 cm³/mol. The number of carbonyl (C=O) groups is 1. The average Bonchev–Trinajstić information content (AvgIpc) is 2.83. The van der Waals surface area contributed by atoms with Gasteiger partial charge in [0.15, 0.2) is 0 Å². The van der Waals surface area contributed by atoms with E-state index in [9.17, 15) is 15.0 Å². The number of hydrogen-bond acceptors (Lipinski definition) is 5. The van der Waals surface area contributed by atoms with Crippen molar-refractivity contribution in [1.82, 2.24) is 14.9 Å². The van der Waals surface area contributed by atoms with E-state index in [2.05, 4.69) is 10.3 Å². The minimum Gasteiger partial charge on any atom is -0.388 e. The molecule has 2 heterocycles. The van der Waals surface area contributed by atoms with Crippen LogP contribution in [0.5, 0.6) is 0 Å². The van der Waals surface area contributed by atoms with Crippen LogP contribution < -0.4 is 5.32 Å². The molecule has 20 heavy (non-hydrogen) atoms. The van der Waals surface area contributed by atoms with Crippen LogP contribution >= 0.6 is 0 Å². The lowest BCUT2D eigenvalue weighted by molar-refractivity contribution is -0.132. The van der Waals surface area contributed by atoms with Gasteiger partial charge in [0.25, 0.3) is 0 Å². The Bertz CT molecular complexity index is 460. The topological polar surface area (TPSA) is 96.6 Å². The van der Waals surface area contributed by atoms with Gasteiger partial charge < -0.3 is 24.8 Å². The molecule has 0 aromatic carbocycles. The van der Waals surface area contributed by atoms with Crippen molar-refractivity contribution in [3.63, 3.8) is 0 Å². The number of amides is 1. The number of nitrogens with zero attached hydrogens (tertiary/aromatic N) is 2. The van der Waals surface area contributed by atoms with E-state index in [1.165, 1.54) is 0 Å². The van der Waals surface area contributed by atoms with E-state index < -0.39 is 18.2 Å². The van der Waals surface area contributed by atoms with Gasteiger partial charge in [0.05, 0.1) is 19.3 Å². The van der Waals surface area contributed by atoms with Gasteiger partial charge in [-0.15, -0.1) is 0 Å². The number of imidazole rings is 1. The molecule has 112 valence electrons. The first-order valence-corrected chi connectivity index (χ1v) is 6.73. The molecule has 1 aliphatic heterocycles. The van der Waals surface area contributed by atoms with Gasteiger partial charge >= 0.3 is 0 Å².